The Morgan fingerprint density at radius 3 is 3.00 bits per heavy atom. The molecule has 20 heavy (non-hydrogen) atoms. The minimum atomic E-state index is 0.724. The maximum atomic E-state index is 4.39. The van der Waals surface area contributed by atoms with Crippen LogP contribution in [0.15, 0.2) is 47.8 Å². The minimum Gasteiger partial charge on any atom is -0.337 e. The number of hydrogen-bond acceptors (Lipinski definition) is 3. The molecule has 0 aliphatic heterocycles. The Morgan fingerprint density at radius 1 is 1.35 bits per heavy atom. The summed E-state index contributed by atoms with van der Waals surface area (Å²) in [5, 5.41) is 3.33. The third kappa shape index (κ3) is 2.10. The second-order valence-corrected chi connectivity index (χ2v) is 5.25. The molecule has 0 atom stereocenters. The van der Waals surface area contributed by atoms with Crippen LogP contribution < -0.4 is 5.32 Å². The van der Waals surface area contributed by atoms with Crippen molar-refractivity contribution in [2.24, 2.45) is 0 Å². The number of fused-ring (bicyclic) bond motifs is 1. The summed E-state index contributed by atoms with van der Waals surface area (Å²) in [6, 6.07) is 6.02. The van der Waals surface area contributed by atoms with Gasteiger partial charge in [0.2, 0.25) is 0 Å². The monoisotopic (exact) mass is 328 g/mol. The largest absolute Gasteiger partial charge is 0.337 e. The van der Waals surface area contributed by atoms with Crippen molar-refractivity contribution >= 4 is 39.2 Å². The maximum Gasteiger partial charge on any atom is 0.180 e. The third-order valence-corrected chi connectivity index (χ3v) is 4.05. The van der Waals surface area contributed by atoms with E-state index in [-0.39, 0.29) is 0 Å². The molecule has 3 aromatic rings. The number of anilines is 2. The highest BCUT2D eigenvalue weighted by Gasteiger charge is 2.09. The summed E-state index contributed by atoms with van der Waals surface area (Å²) in [6.07, 6.45) is 7.17. The number of imidazole rings is 1. The smallest absolute Gasteiger partial charge is 0.180 e. The predicted octanol–water partition coefficient (Wildman–Crippen LogP) is 4.19. The van der Waals surface area contributed by atoms with E-state index in [0.29, 0.717) is 0 Å². The second kappa shape index (κ2) is 5.09. The van der Waals surface area contributed by atoms with Gasteiger partial charge in [0.15, 0.2) is 11.5 Å². The fourth-order valence-electron chi connectivity index (χ4n) is 2.05. The summed E-state index contributed by atoms with van der Waals surface area (Å²) in [4.78, 5) is 8.77. The molecule has 1 aromatic carbocycles. The first-order chi connectivity index (χ1) is 9.70. The molecule has 0 fully saturated rings. The molecular formula is C15H13BrN4. The van der Waals surface area contributed by atoms with E-state index >= 15 is 0 Å². The van der Waals surface area contributed by atoms with Crippen molar-refractivity contribution in [3.8, 4) is 0 Å². The van der Waals surface area contributed by atoms with Crippen LogP contribution in [0.1, 0.15) is 11.3 Å². The Labute approximate surface area is 125 Å². The lowest BCUT2D eigenvalue weighted by atomic mass is 10.2. The standard InChI is InChI=1S/C15H13BrN4/c1-3-11-9-18-15-14(17-7-8-20(11)15)19-13-6-4-5-12(16)10(13)2/h3-9H,1H2,2H3,(H,17,19). The van der Waals surface area contributed by atoms with Gasteiger partial charge in [0.05, 0.1) is 11.9 Å². The van der Waals surface area contributed by atoms with Crippen molar-refractivity contribution in [3.05, 3.63) is 59.1 Å². The summed E-state index contributed by atoms with van der Waals surface area (Å²) in [5.74, 6) is 0.724. The average molecular weight is 329 g/mol. The van der Waals surface area contributed by atoms with Gasteiger partial charge in [-0.2, -0.15) is 0 Å². The molecule has 4 nitrogen and oxygen atoms in total. The number of benzene rings is 1. The van der Waals surface area contributed by atoms with Gasteiger partial charge < -0.3 is 5.32 Å². The maximum absolute atomic E-state index is 4.39. The summed E-state index contributed by atoms with van der Waals surface area (Å²) in [6.45, 7) is 5.83. The van der Waals surface area contributed by atoms with Gasteiger partial charge >= 0.3 is 0 Å². The molecule has 0 radical (unpaired) electrons. The molecule has 2 aromatic heterocycles. The van der Waals surface area contributed by atoms with Crippen LogP contribution in [-0.2, 0) is 0 Å². The lowest BCUT2D eigenvalue weighted by Crippen LogP contribution is -2.00. The fraction of sp³-hybridized carbons (Fsp3) is 0.0667. The Hall–Kier alpha value is -2.14. The van der Waals surface area contributed by atoms with Gasteiger partial charge in [-0.1, -0.05) is 28.6 Å². The van der Waals surface area contributed by atoms with Crippen LogP contribution in [0.4, 0.5) is 11.5 Å². The molecule has 0 saturated carbocycles. The average Bonchev–Trinajstić information content (AvgIpc) is 2.88. The SMILES string of the molecule is C=Cc1cnc2c(Nc3cccc(Br)c3C)nccn12. The molecule has 3 rings (SSSR count). The van der Waals surface area contributed by atoms with E-state index in [1.165, 1.54) is 0 Å². The zero-order chi connectivity index (χ0) is 14.1. The van der Waals surface area contributed by atoms with E-state index in [9.17, 15) is 0 Å². The number of nitrogens with one attached hydrogen (secondary N) is 1. The van der Waals surface area contributed by atoms with Crippen LogP contribution in [-0.4, -0.2) is 14.4 Å². The molecular weight excluding hydrogens is 316 g/mol. The van der Waals surface area contributed by atoms with Crippen LogP contribution in [0, 0.1) is 6.92 Å². The summed E-state index contributed by atoms with van der Waals surface area (Å²) in [5.41, 5.74) is 3.85. The summed E-state index contributed by atoms with van der Waals surface area (Å²) < 4.78 is 3.01. The van der Waals surface area contributed by atoms with E-state index in [0.717, 1.165) is 32.9 Å². The fourth-order valence-corrected chi connectivity index (χ4v) is 2.41. The first-order valence-electron chi connectivity index (χ1n) is 6.17. The van der Waals surface area contributed by atoms with E-state index in [1.807, 2.05) is 35.7 Å². The highest BCUT2D eigenvalue weighted by atomic mass is 79.9. The number of halogens is 1. The first-order valence-corrected chi connectivity index (χ1v) is 6.96. The van der Waals surface area contributed by atoms with Gasteiger partial charge in [0.1, 0.15) is 0 Å². The highest BCUT2D eigenvalue weighted by molar-refractivity contribution is 9.10. The highest BCUT2D eigenvalue weighted by Crippen LogP contribution is 2.27. The van der Waals surface area contributed by atoms with Crippen molar-refractivity contribution in [1.29, 1.82) is 0 Å². The molecule has 5 heteroatoms. The lowest BCUT2D eigenvalue weighted by molar-refractivity contribution is 1.11. The van der Waals surface area contributed by atoms with Gasteiger partial charge in [-0.05, 0) is 30.7 Å². The van der Waals surface area contributed by atoms with Gasteiger partial charge in [0.25, 0.3) is 0 Å². The minimum absolute atomic E-state index is 0.724. The molecule has 2 heterocycles. The molecule has 0 aliphatic carbocycles. The Kier molecular flexibility index (Phi) is 3.28. The quantitative estimate of drug-likeness (QED) is 0.783. The van der Waals surface area contributed by atoms with Crippen molar-refractivity contribution < 1.29 is 0 Å². The van der Waals surface area contributed by atoms with Crippen LogP contribution in [0.5, 0.6) is 0 Å². The van der Waals surface area contributed by atoms with Gasteiger partial charge in [0, 0.05) is 22.6 Å². The summed E-state index contributed by atoms with van der Waals surface area (Å²) in [7, 11) is 0. The van der Waals surface area contributed by atoms with Crippen LogP contribution >= 0.6 is 15.9 Å². The second-order valence-electron chi connectivity index (χ2n) is 4.39. The zero-order valence-corrected chi connectivity index (χ0v) is 12.6. The Bertz CT molecular complexity index is 792. The van der Waals surface area contributed by atoms with E-state index < -0.39 is 0 Å². The van der Waals surface area contributed by atoms with E-state index in [1.54, 1.807) is 18.5 Å². The van der Waals surface area contributed by atoms with Gasteiger partial charge in [-0.15, -0.1) is 0 Å². The Balaban J connectivity index is 2.09. The van der Waals surface area contributed by atoms with Crippen molar-refractivity contribution in [2.45, 2.75) is 6.92 Å². The predicted molar refractivity (Wildman–Crippen MR) is 85.2 cm³/mol. The molecule has 0 spiro atoms. The number of aromatic nitrogens is 3. The molecule has 0 amide bonds. The van der Waals surface area contributed by atoms with Crippen LogP contribution in [0.25, 0.3) is 11.7 Å². The number of rotatable bonds is 3. The van der Waals surface area contributed by atoms with E-state index in [4.69, 9.17) is 0 Å². The summed E-state index contributed by atoms with van der Waals surface area (Å²) >= 11 is 3.53. The normalized spacial score (nSPS) is 10.7. The van der Waals surface area contributed by atoms with Gasteiger partial charge in [-0.3, -0.25) is 4.40 Å². The molecule has 0 aliphatic rings. The number of nitrogens with zero attached hydrogens (tertiary/aromatic N) is 3. The third-order valence-electron chi connectivity index (χ3n) is 3.19. The van der Waals surface area contributed by atoms with Crippen molar-refractivity contribution in [2.75, 3.05) is 5.32 Å². The van der Waals surface area contributed by atoms with Gasteiger partial charge in [-0.25, -0.2) is 9.97 Å². The Morgan fingerprint density at radius 2 is 2.20 bits per heavy atom. The first kappa shape index (κ1) is 12.9. The lowest BCUT2D eigenvalue weighted by Gasteiger charge is -2.10. The molecule has 0 saturated heterocycles. The molecule has 0 bridgehead atoms. The van der Waals surface area contributed by atoms with Crippen LogP contribution in [0.3, 0.4) is 0 Å². The van der Waals surface area contributed by atoms with Crippen molar-refractivity contribution in [1.82, 2.24) is 14.4 Å². The van der Waals surface area contributed by atoms with E-state index in [2.05, 4.69) is 37.8 Å². The zero-order valence-electron chi connectivity index (χ0n) is 11.0. The molecule has 0 unspecified atom stereocenters. The van der Waals surface area contributed by atoms with Crippen LogP contribution in [0.2, 0.25) is 0 Å². The topological polar surface area (TPSA) is 42.2 Å². The molecule has 100 valence electrons. The molecule has 1 N–H and O–H groups in total. The number of hydrogen-bond donors (Lipinski definition) is 1. The van der Waals surface area contributed by atoms with Crippen molar-refractivity contribution in [3.63, 3.8) is 0 Å².